The molecule has 0 bridgehead atoms. The molecule has 0 aliphatic carbocycles. The zero-order valence-corrected chi connectivity index (χ0v) is 12.4. The Labute approximate surface area is 115 Å². The molecule has 100 valence electrons. The summed E-state index contributed by atoms with van der Waals surface area (Å²) < 4.78 is 28.9. The molecule has 0 radical (unpaired) electrons. The van der Waals surface area contributed by atoms with E-state index >= 15 is 0 Å². The summed E-state index contributed by atoms with van der Waals surface area (Å²) in [5.41, 5.74) is 0. The van der Waals surface area contributed by atoms with E-state index in [4.69, 9.17) is 0 Å². The lowest BCUT2D eigenvalue weighted by molar-refractivity contribution is 0.270. The van der Waals surface area contributed by atoms with Gasteiger partial charge >= 0.3 is 10.2 Å². The quantitative estimate of drug-likeness (QED) is 0.913. The van der Waals surface area contributed by atoms with Crippen molar-refractivity contribution in [2.45, 2.75) is 32.2 Å². The number of hydrogen-bond acceptors (Lipinski definition) is 4. The number of nitrogens with one attached hydrogen (secondary N) is 1. The summed E-state index contributed by atoms with van der Waals surface area (Å²) >= 11 is 3.15. The van der Waals surface area contributed by atoms with Crippen molar-refractivity contribution >= 4 is 32.0 Å². The van der Waals surface area contributed by atoms with Gasteiger partial charge < -0.3 is 0 Å². The van der Waals surface area contributed by atoms with Crippen LogP contribution in [0.15, 0.2) is 17.0 Å². The average Bonchev–Trinajstić information content (AvgIpc) is 2.32. The maximum Gasteiger partial charge on any atom is 0.303 e. The molecule has 6 nitrogen and oxygen atoms in total. The Morgan fingerprint density at radius 3 is 2.78 bits per heavy atom. The molecule has 1 aromatic heterocycles. The fourth-order valence-electron chi connectivity index (χ4n) is 1.98. The number of nitrogens with zero attached hydrogens (tertiary/aromatic N) is 3. The third kappa shape index (κ3) is 3.18. The Balaban J connectivity index is 2.13. The third-order valence-corrected chi connectivity index (χ3v) is 4.94. The Bertz CT molecular complexity index is 505. The molecular formula is C10H15BrN4O2S. The van der Waals surface area contributed by atoms with Crippen molar-refractivity contribution in [3.05, 3.63) is 17.0 Å². The summed E-state index contributed by atoms with van der Waals surface area (Å²) in [4.78, 5) is 7.89. The van der Waals surface area contributed by atoms with Crippen LogP contribution in [0.5, 0.6) is 0 Å². The minimum Gasteiger partial charge on any atom is -0.253 e. The lowest BCUT2D eigenvalue weighted by Gasteiger charge is -2.32. The number of hydrogen-bond donors (Lipinski definition) is 1. The standard InChI is InChI=1S/C10H15BrN4O2S/c1-8-4-2-3-5-15(8)18(16,17)14-10-7-12-9(11)6-13-10/h6-8H,2-5H2,1H3,(H,13,14). The van der Waals surface area contributed by atoms with Crippen molar-refractivity contribution in [2.75, 3.05) is 11.3 Å². The minimum atomic E-state index is -3.53. The molecule has 8 heteroatoms. The number of aromatic nitrogens is 2. The van der Waals surface area contributed by atoms with Gasteiger partial charge in [-0.3, -0.25) is 4.72 Å². The van der Waals surface area contributed by atoms with Crippen molar-refractivity contribution < 1.29 is 8.42 Å². The zero-order valence-electron chi connectivity index (χ0n) is 10.0. The van der Waals surface area contributed by atoms with Crippen LogP contribution in [0.1, 0.15) is 26.2 Å². The third-order valence-electron chi connectivity index (χ3n) is 2.90. The molecule has 1 N–H and O–H groups in total. The molecule has 2 rings (SSSR count). The van der Waals surface area contributed by atoms with Crippen LogP contribution in [-0.4, -0.2) is 35.3 Å². The molecule has 0 amide bonds. The van der Waals surface area contributed by atoms with E-state index in [9.17, 15) is 8.42 Å². The van der Waals surface area contributed by atoms with E-state index < -0.39 is 10.2 Å². The molecule has 1 aliphatic heterocycles. The second-order valence-corrected chi connectivity index (χ2v) is 6.72. The van der Waals surface area contributed by atoms with Gasteiger partial charge in [-0.1, -0.05) is 6.42 Å². The van der Waals surface area contributed by atoms with Gasteiger partial charge in [0.1, 0.15) is 4.60 Å². The number of anilines is 1. The van der Waals surface area contributed by atoms with Gasteiger partial charge in [0, 0.05) is 12.6 Å². The molecule has 1 aliphatic rings. The summed E-state index contributed by atoms with van der Waals surface area (Å²) in [6.07, 6.45) is 5.71. The topological polar surface area (TPSA) is 75.2 Å². The van der Waals surface area contributed by atoms with Gasteiger partial charge in [-0.25, -0.2) is 9.97 Å². The fourth-order valence-corrected chi connectivity index (χ4v) is 3.62. The van der Waals surface area contributed by atoms with Gasteiger partial charge in [-0.05, 0) is 35.7 Å². The summed E-state index contributed by atoms with van der Waals surface area (Å²) in [7, 11) is -3.53. The second kappa shape index (κ2) is 5.50. The average molecular weight is 335 g/mol. The highest BCUT2D eigenvalue weighted by Gasteiger charge is 2.29. The van der Waals surface area contributed by atoms with Gasteiger partial charge in [0.15, 0.2) is 5.82 Å². The molecule has 0 aromatic carbocycles. The van der Waals surface area contributed by atoms with Gasteiger partial charge in [-0.2, -0.15) is 12.7 Å². The predicted molar refractivity (Wildman–Crippen MR) is 72.3 cm³/mol. The highest BCUT2D eigenvalue weighted by atomic mass is 79.9. The van der Waals surface area contributed by atoms with Crippen molar-refractivity contribution in [1.82, 2.24) is 14.3 Å². The van der Waals surface area contributed by atoms with Crippen molar-refractivity contribution in [1.29, 1.82) is 0 Å². The van der Waals surface area contributed by atoms with Crippen LogP contribution in [0.25, 0.3) is 0 Å². The Kier molecular flexibility index (Phi) is 4.18. The Hall–Kier alpha value is -0.730. The maximum absolute atomic E-state index is 12.2. The molecule has 2 heterocycles. The molecule has 18 heavy (non-hydrogen) atoms. The van der Waals surface area contributed by atoms with E-state index in [1.807, 2.05) is 6.92 Å². The fraction of sp³-hybridized carbons (Fsp3) is 0.600. The number of halogens is 1. The first kappa shape index (κ1) is 13.7. The van der Waals surface area contributed by atoms with Crippen molar-refractivity contribution in [3.8, 4) is 0 Å². The van der Waals surface area contributed by atoms with E-state index in [-0.39, 0.29) is 11.9 Å². The van der Waals surface area contributed by atoms with Crippen LogP contribution in [0.4, 0.5) is 5.82 Å². The number of piperidine rings is 1. The molecule has 1 aromatic rings. The Morgan fingerprint density at radius 1 is 1.39 bits per heavy atom. The van der Waals surface area contributed by atoms with Gasteiger partial charge in [-0.15, -0.1) is 0 Å². The summed E-state index contributed by atoms with van der Waals surface area (Å²) in [6, 6.07) is 0.0275. The van der Waals surface area contributed by atoms with Crippen LogP contribution in [-0.2, 0) is 10.2 Å². The van der Waals surface area contributed by atoms with E-state index in [0.717, 1.165) is 19.3 Å². The molecule has 0 saturated carbocycles. The van der Waals surface area contributed by atoms with Gasteiger partial charge in [0.05, 0.1) is 12.4 Å². The van der Waals surface area contributed by atoms with Crippen molar-refractivity contribution in [3.63, 3.8) is 0 Å². The lowest BCUT2D eigenvalue weighted by atomic mass is 10.1. The first-order valence-corrected chi connectivity index (χ1v) is 7.99. The minimum absolute atomic E-state index is 0.0275. The SMILES string of the molecule is CC1CCCCN1S(=O)(=O)Nc1cnc(Br)cn1. The van der Waals surface area contributed by atoms with Crippen LogP contribution in [0, 0.1) is 0 Å². The molecule has 1 saturated heterocycles. The van der Waals surface area contributed by atoms with Gasteiger partial charge in [0.2, 0.25) is 0 Å². The van der Waals surface area contributed by atoms with Crippen LogP contribution in [0.3, 0.4) is 0 Å². The molecular weight excluding hydrogens is 320 g/mol. The largest absolute Gasteiger partial charge is 0.303 e. The Morgan fingerprint density at radius 2 is 2.17 bits per heavy atom. The summed E-state index contributed by atoms with van der Waals surface area (Å²) in [5.74, 6) is 0.232. The van der Waals surface area contributed by atoms with Gasteiger partial charge in [0.25, 0.3) is 0 Å². The van der Waals surface area contributed by atoms with Crippen LogP contribution in [0.2, 0.25) is 0 Å². The highest BCUT2D eigenvalue weighted by Crippen LogP contribution is 2.21. The monoisotopic (exact) mass is 334 g/mol. The van der Waals surface area contributed by atoms with E-state index in [2.05, 4.69) is 30.6 Å². The van der Waals surface area contributed by atoms with E-state index in [1.54, 1.807) is 0 Å². The molecule has 0 spiro atoms. The summed E-state index contributed by atoms with van der Waals surface area (Å²) in [6.45, 7) is 2.48. The number of rotatable bonds is 3. The van der Waals surface area contributed by atoms with Crippen LogP contribution >= 0.6 is 15.9 Å². The first-order chi connectivity index (χ1) is 8.49. The molecule has 1 unspecified atom stereocenters. The summed E-state index contributed by atoms with van der Waals surface area (Å²) in [5, 5.41) is 0. The van der Waals surface area contributed by atoms with Crippen molar-refractivity contribution in [2.24, 2.45) is 0 Å². The van der Waals surface area contributed by atoms with E-state index in [0.29, 0.717) is 11.1 Å². The first-order valence-electron chi connectivity index (χ1n) is 5.76. The molecule has 1 atom stereocenters. The van der Waals surface area contributed by atoms with Crippen LogP contribution < -0.4 is 4.72 Å². The van der Waals surface area contributed by atoms with E-state index in [1.165, 1.54) is 16.7 Å². The lowest BCUT2D eigenvalue weighted by Crippen LogP contribution is -2.44. The zero-order chi connectivity index (χ0) is 13.2. The normalized spacial score (nSPS) is 21.8. The smallest absolute Gasteiger partial charge is 0.253 e. The predicted octanol–water partition coefficient (Wildman–Crippen LogP) is 1.77. The highest BCUT2D eigenvalue weighted by molar-refractivity contribution is 9.10. The second-order valence-electron chi connectivity index (χ2n) is 4.29. The maximum atomic E-state index is 12.2. The molecule has 1 fully saturated rings.